The largest absolute Gasteiger partial charge is 0.445 e. The summed E-state index contributed by atoms with van der Waals surface area (Å²) in [6.07, 6.45) is 5.64. The summed E-state index contributed by atoms with van der Waals surface area (Å²) >= 11 is 0. The van der Waals surface area contributed by atoms with Crippen molar-refractivity contribution in [2.75, 3.05) is 13.1 Å². The number of hydrogen-bond acceptors (Lipinski definition) is 8. The molecule has 10 nitrogen and oxygen atoms in total. The molecular formula is C17H26ClN5O5S. The molecular weight excluding hydrogens is 422 g/mol. The fraction of sp³-hybridized carbons (Fsp3) is 0.765. The maximum Gasteiger partial charge on any atom is 0.332 e. The topological polar surface area (TPSA) is 115 Å². The minimum Gasteiger partial charge on any atom is -0.445 e. The molecule has 3 aliphatic rings. The number of ether oxygens (including phenoxy) is 1. The second-order valence-electron chi connectivity index (χ2n) is 7.95. The number of hydrogen-bond donors (Lipinski definition) is 0. The van der Waals surface area contributed by atoms with Gasteiger partial charge in [-0.2, -0.15) is 0 Å². The second kappa shape index (κ2) is 7.84. The van der Waals surface area contributed by atoms with Crippen LogP contribution in [0.3, 0.4) is 0 Å². The number of aromatic nitrogens is 3. The van der Waals surface area contributed by atoms with E-state index in [2.05, 4.69) is 15.2 Å². The molecule has 0 aromatic carbocycles. The number of carbonyl (C=O) groups excluding carboxylic acids is 2. The van der Waals surface area contributed by atoms with Crippen LogP contribution in [0.1, 0.15) is 39.5 Å². The van der Waals surface area contributed by atoms with Crippen LogP contribution in [0.15, 0.2) is 12.4 Å². The molecule has 1 amide bonds. The van der Waals surface area contributed by atoms with E-state index >= 15 is 0 Å². The molecule has 162 valence electrons. The number of sulfone groups is 1. The molecule has 1 aromatic heterocycles. The Morgan fingerprint density at radius 1 is 1.34 bits per heavy atom. The van der Waals surface area contributed by atoms with Crippen molar-refractivity contribution in [3.05, 3.63) is 12.4 Å². The molecule has 3 aliphatic heterocycles. The van der Waals surface area contributed by atoms with E-state index in [0.29, 0.717) is 0 Å². The van der Waals surface area contributed by atoms with Gasteiger partial charge in [0.2, 0.25) is 5.91 Å². The summed E-state index contributed by atoms with van der Waals surface area (Å²) in [5, 5.41) is 6.58. The van der Waals surface area contributed by atoms with Crippen molar-refractivity contribution >= 4 is 34.1 Å². The molecule has 0 N–H and O–H groups in total. The average Bonchev–Trinajstić information content (AvgIpc) is 3.20. The number of halogens is 1. The van der Waals surface area contributed by atoms with Crippen LogP contribution in [0.25, 0.3) is 0 Å². The van der Waals surface area contributed by atoms with Crippen molar-refractivity contribution in [1.29, 1.82) is 0 Å². The van der Waals surface area contributed by atoms with Gasteiger partial charge in [0.05, 0.1) is 19.2 Å². The third-order valence-corrected chi connectivity index (χ3v) is 8.94. The second-order valence-corrected chi connectivity index (χ2v) is 10.5. The fourth-order valence-electron chi connectivity index (χ4n) is 4.50. The molecule has 1 aromatic rings. The molecule has 3 fully saturated rings. The Morgan fingerprint density at radius 3 is 2.62 bits per heavy atom. The van der Waals surface area contributed by atoms with E-state index < -0.39 is 38.2 Å². The van der Waals surface area contributed by atoms with Gasteiger partial charge >= 0.3 is 5.97 Å². The lowest BCUT2D eigenvalue weighted by atomic mass is 9.96. The predicted octanol–water partition coefficient (Wildman–Crippen LogP) is 0.189. The molecule has 0 saturated carbocycles. The van der Waals surface area contributed by atoms with Crippen LogP contribution < -0.4 is 0 Å². The van der Waals surface area contributed by atoms with E-state index in [0.717, 1.165) is 32.4 Å². The quantitative estimate of drug-likeness (QED) is 0.464. The Hall–Kier alpha value is -1.72. The number of rotatable bonds is 5. The third kappa shape index (κ3) is 3.42. The number of β-lactam (4-membered cyclic amide) rings is 1. The Balaban J connectivity index is 0.00000240. The lowest BCUT2D eigenvalue weighted by Crippen LogP contribution is -2.59. The number of fused-ring (bicyclic) bond motifs is 1. The highest BCUT2D eigenvalue weighted by Gasteiger charge is 2.70. The first-order chi connectivity index (χ1) is 13.3. The van der Waals surface area contributed by atoms with Crippen LogP contribution in [0.4, 0.5) is 0 Å². The van der Waals surface area contributed by atoms with Gasteiger partial charge in [0.15, 0.2) is 22.1 Å². The summed E-state index contributed by atoms with van der Waals surface area (Å²) in [7, 11) is -3.79. The van der Waals surface area contributed by atoms with Crippen LogP contribution >= 0.6 is 12.4 Å². The van der Waals surface area contributed by atoms with Crippen LogP contribution in [0.2, 0.25) is 0 Å². The number of likely N-dealkylation sites (tertiary alicyclic amines) is 1. The van der Waals surface area contributed by atoms with E-state index in [1.165, 1.54) is 28.9 Å². The summed E-state index contributed by atoms with van der Waals surface area (Å²) < 4.78 is 31.9. The van der Waals surface area contributed by atoms with E-state index in [-0.39, 0.29) is 31.3 Å². The molecule has 1 unspecified atom stereocenters. The standard InChI is InChI=1S/C17H25N5O5S.ClH/c1-12(20-7-4-3-5-8-20)27-16(24)15-17(2,11-21-9-6-18-19-21)28(25,26)14-10-13(23)22(14)15;/h6,9,12,14-15H,3-5,7-8,10-11H2,1-2H3;1H/t12?,14-,15-,17+;/m0./s1. The summed E-state index contributed by atoms with van der Waals surface area (Å²) in [6, 6.07) is -1.19. The van der Waals surface area contributed by atoms with Crippen molar-refractivity contribution in [1.82, 2.24) is 24.8 Å². The summed E-state index contributed by atoms with van der Waals surface area (Å²) in [6.45, 7) is 4.87. The molecule has 0 radical (unpaired) electrons. The molecule has 12 heteroatoms. The van der Waals surface area contributed by atoms with Gasteiger partial charge in [0.1, 0.15) is 10.1 Å². The maximum absolute atomic E-state index is 13.2. The zero-order valence-corrected chi connectivity index (χ0v) is 18.1. The van der Waals surface area contributed by atoms with Gasteiger partial charge in [-0.25, -0.2) is 13.2 Å². The van der Waals surface area contributed by atoms with Gasteiger partial charge < -0.3 is 9.64 Å². The Labute approximate surface area is 175 Å². The molecule has 3 saturated heterocycles. The first-order valence-electron chi connectivity index (χ1n) is 9.59. The Kier molecular flexibility index (Phi) is 5.94. The highest BCUT2D eigenvalue weighted by atomic mass is 35.5. The minimum absolute atomic E-state index is 0. The average molecular weight is 448 g/mol. The molecule has 29 heavy (non-hydrogen) atoms. The maximum atomic E-state index is 13.2. The summed E-state index contributed by atoms with van der Waals surface area (Å²) in [5.41, 5.74) is 0. The molecule has 4 rings (SSSR count). The van der Waals surface area contributed by atoms with Gasteiger partial charge in [-0.05, 0) is 26.7 Å². The van der Waals surface area contributed by atoms with Crippen molar-refractivity contribution in [3.63, 3.8) is 0 Å². The van der Waals surface area contributed by atoms with E-state index in [1.807, 2.05) is 0 Å². The minimum atomic E-state index is -3.79. The summed E-state index contributed by atoms with van der Waals surface area (Å²) in [4.78, 5) is 28.6. The van der Waals surface area contributed by atoms with Crippen LogP contribution in [0.5, 0.6) is 0 Å². The van der Waals surface area contributed by atoms with E-state index in [4.69, 9.17) is 4.74 Å². The Bertz CT molecular complexity index is 873. The fourth-order valence-corrected chi connectivity index (χ4v) is 6.85. The van der Waals surface area contributed by atoms with Gasteiger partial charge in [-0.1, -0.05) is 11.6 Å². The van der Waals surface area contributed by atoms with Crippen LogP contribution in [-0.2, 0) is 30.7 Å². The number of carbonyl (C=O) groups is 2. The van der Waals surface area contributed by atoms with Crippen molar-refractivity contribution in [3.8, 4) is 0 Å². The first kappa shape index (κ1) is 22.0. The third-order valence-electron chi connectivity index (χ3n) is 6.17. The monoisotopic (exact) mass is 447 g/mol. The van der Waals surface area contributed by atoms with Crippen LogP contribution in [0, 0.1) is 0 Å². The SMILES string of the molecule is CC(OC(=O)[C@@H]1N2C(=O)C[C@@H]2S(=O)(=O)[C@]1(C)Cn1ccnn1)N1CCCCC1.Cl. The van der Waals surface area contributed by atoms with Gasteiger partial charge in [0.25, 0.3) is 0 Å². The van der Waals surface area contributed by atoms with Crippen LogP contribution in [-0.4, -0.2) is 80.6 Å². The number of esters is 1. The number of nitrogens with zero attached hydrogens (tertiary/aromatic N) is 5. The van der Waals surface area contributed by atoms with Crippen molar-refractivity contribution in [2.24, 2.45) is 0 Å². The molecule has 0 bridgehead atoms. The van der Waals surface area contributed by atoms with Crippen molar-refractivity contribution < 1.29 is 22.7 Å². The highest BCUT2D eigenvalue weighted by molar-refractivity contribution is 7.93. The first-order valence-corrected chi connectivity index (χ1v) is 11.1. The van der Waals surface area contributed by atoms with Crippen molar-refractivity contribution in [2.45, 2.75) is 68.5 Å². The van der Waals surface area contributed by atoms with E-state index in [1.54, 1.807) is 6.92 Å². The molecule has 0 spiro atoms. The summed E-state index contributed by atoms with van der Waals surface area (Å²) in [5.74, 6) is -1.02. The molecule has 4 atom stereocenters. The van der Waals surface area contributed by atoms with Gasteiger partial charge in [-0.3, -0.25) is 14.4 Å². The highest BCUT2D eigenvalue weighted by Crippen LogP contribution is 2.47. The predicted molar refractivity (Wildman–Crippen MR) is 105 cm³/mol. The van der Waals surface area contributed by atoms with Gasteiger partial charge in [-0.15, -0.1) is 17.5 Å². The molecule has 0 aliphatic carbocycles. The van der Waals surface area contributed by atoms with Gasteiger partial charge in [0, 0.05) is 19.3 Å². The Morgan fingerprint density at radius 2 is 2.03 bits per heavy atom. The number of piperidine rings is 1. The zero-order valence-electron chi connectivity index (χ0n) is 16.4. The number of amides is 1. The molecule has 4 heterocycles. The zero-order chi connectivity index (χ0) is 20.1. The lowest BCUT2D eigenvalue weighted by Gasteiger charge is -2.38. The lowest BCUT2D eigenvalue weighted by molar-refractivity contribution is -0.172. The van der Waals surface area contributed by atoms with E-state index in [9.17, 15) is 18.0 Å². The normalized spacial score (nSPS) is 32.1. The smallest absolute Gasteiger partial charge is 0.332 e.